The first kappa shape index (κ1) is 24.3. The van der Waals surface area contributed by atoms with Gasteiger partial charge in [0.05, 0.1) is 35.1 Å². The Labute approximate surface area is 197 Å². The molecular formula is C23H23ClF4N4O2. The summed E-state index contributed by atoms with van der Waals surface area (Å²) in [5.41, 5.74) is 3.75. The highest BCUT2D eigenvalue weighted by molar-refractivity contribution is 6.33. The van der Waals surface area contributed by atoms with Crippen molar-refractivity contribution in [3.8, 4) is 22.4 Å². The highest BCUT2D eigenvalue weighted by atomic mass is 35.5. The van der Waals surface area contributed by atoms with Crippen molar-refractivity contribution >= 4 is 17.5 Å². The molecule has 4 rings (SSSR count). The van der Waals surface area contributed by atoms with Crippen molar-refractivity contribution in [1.82, 2.24) is 14.3 Å². The van der Waals surface area contributed by atoms with E-state index in [-0.39, 0.29) is 39.0 Å². The van der Waals surface area contributed by atoms with E-state index in [1.165, 1.54) is 25.3 Å². The molecule has 1 aliphatic carbocycles. The van der Waals surface area contributed by atoms with E-state index in [2.05, 4.69) is 5.10 Å². The van der Waals surface area contributed by atoms with Gasteiger partial charge in [-0.1, -0.05) is 30.5 Å². The standard InChI is InChI=1S/C23H23ClF4N4O2/c1-12(33)10-32-21(23(26,27)28)14(9-30-32)20-19(22(29)34)15(11-31(20)13-5-2-3-6-13)18-16(24)7-4-8-17(18)25/h4,7-9,11-13,33H,2-3,5-6,10H2,1H3,(H2,29,34)/t12-/m1/s1. The number of carbonyl (C=O) groups excluding carboxylic acids is 1. The molecule has 1 amide bonds. The van der Waals surface area contributed by atoms with Crippen molar-refractivity contribution in [2.45, 2.75) is 57.5 Å². The van der Waals surface area contributed by atoms with Crippen LogP contribution >= 0.6 is 11.6 Å². The molecule has 0 unspecified atom stereocenters. The number of carbonyl (C=O) groups is 1. The number of nitrogens with two attached hydrogens (primary N) is 1. The van der Waals surface area contributed by atoms with E-state index in [0.717, 1.165) is 25.1 Å². The van der Waals surface area contributed by atoms with Crippen LogP contribution in [0.2, 0.25) is 5.02 Å². The molecule has 0 bridgehead atoms. The molecule has 1 aromatic carbocycles. The molecule has 1 aliphatic rings. The molecule has 0 saturated heterocycles. The van der Waals surface area contributed by atoms with Gasteiger partial charge in [-0.15, -0.1) is 0 Å². The van der Waals surface area contributed by atoms with Gasteiger partial charge in [0.25, 0.3) is 5.91 Å². The van der Waals surface area contributed by atoms with Gasteiger partial charge in [-0.05, 0) is 31.9 Å². The fourth-order valence-electron chi connectivity index (χ4n) is 4.71. The minimum absolute atomic E-state index is 0.00142. The van der Waals surface area contributed by atoms with E-state index < -0.39 is 36.2 Å². The molecule has 1 fully saturated rings. The molecule has 3 N–H and O–H groups in total. The number of aromatic nitrogens is 3. The van der Waals surface area contributed by atoms with Crippen molar-refractivity contribution in [3.63, 3.8) is 0 Å². The molecule has 11 heteroatoms. The van der Waals surface area contributed by atoms with E-state index in [0.29, 0.717) is 17.5 Å². The van der Waals surface area contributed by atoms with Crippen LogP contribution in [0.25, 0.3) is 22.4 Å². The monoisotopic (exact) mass is 498 g/mol. The van der Waals surface area contributed by atoms with Crippen LogP contribution in [0.15, 0.2) is 30.6 Å². The number of hydrogen-bond donors (Lipinski definition) is 2. The van der Waals surface area contributed by atoms with Gasteiger partial charge in [-0.3, -0.25) is 9.48 Å². The number of hydrogen-bond acceptors (Lipinski definition) is 3. The van der Waals surface area contributed by atoms with E-state index in [1.807, 2.05) is 0 Å². The highest BCUT2D eigenvalue weighted by Gasteiger charge is 2.41. The number of alkyl halides is 3. The molecule has 2 heterocycles. The lowest BCUT2D eigenvalue weighted by Gasteiger charge is -2.19. The predicted molar refractivity (Wildman–Crippen MR) is 119 cm³/mol. The summed E-state index contributed by atoms with van der Waals surface area (Å²) in [7, 11) is 0. The molecule has 3 aromatic rings. The zero-order valence-electron chi connectivity index (χ0n) is 18.2. The smallest absolute Gasteiger partial charge is 0.391 e. The first-order chi connectivity index (χ1) is 16.0. The first-order valence-corrected chi connectivity index (χ1v) is 11.2. The number of aliphatic hydroxyl groups is 1. The number of halogens is 5. The van der Waals surface area contributed by atoms with Gasteiger partial charge in [0.2, 0.25) is 0 Å². The fourth-order valence-corrected chi connectivity index (χ4v) is 4.97. The number of rotatable bonds is 6. The van der Waals surface area contributed by atoms with Crippen LogP contribution in [0, 0.1) is 5.82 Å². The molecule has 6 nitrogen and oxygen atoms in total. The molecule has 0 radical (unpaired) electrons. The number of nitrogens with zero attached hydrogens (tertiary/aromatic N) is 3. The Hall–Kier alpha value is -2.85. The number of benzene rings is 1. The Morgan fingerprint density at radius 1 is 1.29 bits per heavy atom. The van der Waals surface area contributed by atoms with Crippen LogP contribution in [0.3, 0.4) is 0 Å². The van der Waals surface area contributed by atoms with Gasteiger partial charge < -0.3 is 15.4 Å². The highest BCUT2D eigenvalue weighted by Crippen LogP contribution is 2.46. The lowest BCUT2D eigenvalue weighted by Crippen LogP contribution is -2.22. The Bertz CT molecular complexity index is 1210. The van der Waals surface area contributed by atoms with Gasteiger partial charge in [0, 0.05) is 28.9 Å². The second-order valence-electron chi connectivity index (χ2n) is 8.51. The normalized spacial score (nSPS) is 15.7. The van der Waals surface area contributed by atoms with E-state index in [1.54, 1.807) is 4.57 Å². The average Bonchev–Trinajstić information content (AvgIpc) is 3.44. The molecule has 0 spiro atoms. The Kier molecular flexibility index (Phi) is 6.48. The molecule has 0 aliphatic heterocycles. The summed E-state index contributed by atoms with van der Waals surface area (Å²) in [5, 5.41) is 13.5. The summed E-state index contributed by atoms with van der Waals surface area (Å²) < 4.78 is 59.8. The summed E-state index contributed by atoms with van der Waals surface area (Å²) in [4.78, 5) is 12.7. The van der Waals surface area contributed by atoms with Crippen molar-refractivity contribution in [2.24, 2.45) is 5.73 Å². The van der Waals surface area contributed by atoms with E-state index in [4.69, 9.17) is 17.3 Å². The second-order valence-corrected chi connectivity index (χ2v) is 8.92. The van der Waals surface area contributed by atoms with Crippen LogP contribution in [0.5, 0.6) is 0 Å². The molecule has 1 atom stereocenters. The second kappa shape index (κ2) is 9.07. The van der Waals surface area contributed by atoms with Crippen molar-refractivity contribution in [1.29, 1.82) is 0 Å². The number of aliphatic hydroxyl groups excluding tert-OH is 1. The van der Waals surface area contributed by atoms with Gasteiger partial charge in [-0.25, -0.2) is 4.39 Å². The van der Waals surface area contributed by atoms with Gasteiger partial charge >= 0.3 is 6.18 Å². The molecule has 182 valence electrons. The lowest BCUT2D eigenvalue weighted by molar-refractivity contribution is -0.144. The average molecular weight is 499 g/mol. The van der Waals surface area contributed by atoms with Crippen LogP contribution < -0.4 is 5.73 Å². The summed E-state index contributed by atoms with van der Waals surface area (Å²) in [6, 6.07) is 3.76. The summed E-state index contributed by atoms with van der Waals surface area (Å²) in [6.45, 7) is 0.937. The Morgan fingerprint density at radius 3 is 2.53 bits per heavy atom. The maximum Gasteiger partial charge on any atom is 0.433 e. The maximum absolute atomic E-state index is 14.8. The van der Waals surface area contributed by atoms with Gasteiger partial charge in [-0.2, -0.15) is 18.3 Å². The zero-order valence-corrected chi connectivity index (χ0v) is 19.0. The van der Waals surface area contributed by atoms with Gasteiger partial charge in [0.15, 0.2) is 5.69 Å². The van der Waals surface area contributed by atoms with Crippen LogP contribution in [-0.2, 0) is 12.7 Å². The molecular weight excluding hydrogens is 476 g/mol. The largest absolute Gasteiger partial charge is 0.433 e. The third-order valence-electron chi connectivity index (χ3n) is 6.03. The summed E-state index contributed by atoms with van der Waals surface area (Å²) >= 11 is 6.25. The quantitative estimate of drug-likeness (QED) is 0.445. The topological polar surface area (TPSA) is 86.1 Å². The van der Waals surface area contributed by atoms with Crippen molar-refractivity contribution < 1.29 is 27.5 Å². The van der Waals surface area contributed by atoms with E-state index in [9.17, 15) is 27.5 Å². The summed E-state index contributed by atoms with van der Waals surface area (Å²) in [6.07, 6.45) is -0.419. The minimum Gasteiger partial charge on any atom is -0.391 e. The molecule has 1 saturated carbocycles. The minimum atomic E-state index is -4.85. The van der Waals surface area contributed by atoms with Crippen LogP contribution in [0.1, 0.15) is 54.7 Å². The maximum atomic E-state index is 14.8. The predicted octanol–water partition coefficient (Wildman–Crippen LogP) is 5.42. The number of amides is 1. The summed E-state index contributed by atoms with van der Waals surface area (Å²) in [5.74, 6) is -1.75. The van der Waals surface area contributed by atoms with E-state index >= 15 is 0 Å². The third-order valence-corrected chi connectivity index (χ3v) is 6.34. The molecule has 34 heavy (non-hydrogen) atoms. The van der Waals surface area contributed by atoms with Crippen molar-refractivity contribution in [2.75, 3.05) is 0 Å². The van der Waals surface area contributed by atoms with Crippen molar-refractivity contribution in [3.05, 3.63) is 52.7 Å². The SMILES string of the molecule is C[C@@H](O)Cn1ncc(-c2c(C(N)=O)c(-c3c(F)cccc3Cl)cn2C2CCCC2)c1C(F)(F)F. The Balaban J connectivity index is 2.08. The fraction of sp³-hybridized carbons (Fsp3) is 0.391. The Morgan fingerprint density at radius 2 is 1.97 bits per heavy atom. The number of primary amides is 1. The third kappa shape index (κ3) is 4.32. The van der Waals surface area contributed by atoms with Crippen LogP contribution in [0.4, 0.5) is 17.6 Å². The first-order valence-electron chi connectivity index (χ1n) is 10.8. The van der Waals surface area contributed by atoms with Crippen LogP contribution in [-0.4, -0.2) is 31.5 Å². The lowest BCUT2D eigenvalue weighted by atomic mass is 9.98. The zero-order chi connectivity index (χ0) is 24.8. The van der Waals surface area contributed by atoms with Gasteiger partial charge in [0.1, 0.15) is 5.82 Å². The molecule has 2 aromatic heterocycles.